The molecule has 0 aliphatic heterocycles. The van der Waals surface area contributed by atoms with E-state index in [1.54, 1.807) is 13.0 Å². The maximum atomic E-state index is 11.5. The normalized spacial score (nSPS) is 12.6. The fraction of sp³-hybridized carbons (Fsp3) is 0.643. The molecule has 0 N–H and O–H groups in total. The van der Waals surface area contributed by atoms with E-state index in [4.69, 9.17) is 0 Å². The second-order valence-electron chi connectivity index (χ2n) is 6.52. The molecule has 0 radical (unpaired) electrons. The van der Waals surface area contributed by atoms with E-state index in [2.05, 4.69) is 51.5 Å². The monoisotopic (exact) mass is 234 g/mol. The Bertz CT molecular complexity index is 404. The first-order valence-electron chi connectivity index (χ1n) is 5.93. The molecule has 17 heavy (non-hydrogen) atoms. The van der Waals surface area contributed by atoms with Crippen LogP contribution in [0.15, 0.2) is 6.07 Å². The molecule has 0 aliphatic rings. The average molecular weight is 234 g/mol. The number of hydrogen-bond donors (Lipinski definition) is 0. The van der Waals surface area contributed by atoms with E-state index < -0.39 is 0 Å². The molecular weight excluding hydrogens is 212 g/mol. The number of nitrogens with zero attached hydrogens (tertiary/aromatic N) is 2. The summed E-state index contributed by atoms with van der Waals surface area (Å²) in [5, 5.41) is 0. The van der Waals surface area contributed by atoms with Crippen LogP contribution in [-0.2, 0) is 10.8 Å². The molecule has 0 amide bonds. The molecule has 0 fully saturated rings. The third-order valence-corrected chi connectivity index (χ3v) is 2.53. The molecule has 1 aromatic rings. The van der Waals surface area contributed by atoms with Gasteiger partial charge in [-0.25, -0.2) is 9.97 Å². The SMILES string of the molecule is CC(=O)c1cc(C(C)(C)C)nc(C(C)(C)C)n1. The van der Waals surface area contributed by atoms with Crippen LogP contribution >= 0.6 is 0 Å². The van der Waals surface area contributed by atoms with Crippen LogP contribution in [0.2, 0.25) is 0 Å². The zero-order valence-electron chi connectivity index (χ0n) is 11.9. The van der Waals surface area contributed by atoms with Crippen LogP contribution in [0.1, 0.15) is 70.5 Å². The molecule has 1 rings (SSSR count). The van der Waals surface area contributed by atoms with Gasteiger partial charge in [0.2, 0.25) is 0 Å². The summed E-state index contributed by atoms with van der Waals surface area (Å²) in [5.74, 6) is 0.721. The Labute approximate surface area is 104 Å². The number of ketones is 1. The van der Waals surface area contributed by atoms with Gasteiger partial charge >= 0.3 is 0 Å². The van der Waals surface area contributed by atoms with Crippen molar-refractivity contribution in [1.29, 1.82) is 0 Å². The van der Waals surface area contributed by atoms with Gasteiger partial charge in [-0.1, -0.05) is 41.5 Å². The topological polar surface area (TPSA) is 42.9 Å². The first-order valence-corrected chi connectivity index (χ1v) is 5.93. The van der Waals surface area contributed by atoms with Crippen molar-refractivity contribution in [2.45, 2.75) is 59.3 Å². The van der Waals surface area contributed by atoms with Crippen LogP contribution in [0.3, 0.4) is 0 Å². The molecule has 0 saturated heterocycles. The number of carbonyl (C=O) groups is 1. The second-order valence-corrected chi connectivity index (χ2v) is 6.52. The highest BCUT2D eigenvalue weighted by Gasteiger charge is 2.24. The van der Waals surface area contributed by atoms with Crippen LogP contribution in [0.5, 0.6) is 0 Å². The molecule has 0 bridgehead atoms. The average Bonchev–Trinajstić information content (AvgIpc) is 2.14. The summed E-state index contributed by atoms with van der Waals surface area (Å²) in [4.78, 5) is 20.5. The summed E-state index contributed by atoms with van der Waals surface area (Å²) in [6.07, 6.45) is 0. The zero-order valence-corrected chi connectivity index (χ0v) is 11.9. The van der Waals surface area contributed by atoms with Crippen molar-refractivity contribution in [2.24, 2.45) is 0 Å². The van der Waals surface area contributed by atoms with Gasteiger partial charge in [-0.2, -0.15) is 0 Å². The van der Waals surface area contributed by atoms with Gasteiger partial charge < -0.3 is 0 Å². The predicted molar refractivity (Wildman–Crippen MR) is 69.4 cm³/mol. The van der Waals surface area contributed by atoms with E-state index in [1.807, 2.05) is 0 Å². The Morgan fingerprint density at radius 3 is 1.88 bits per heavy atom. The second kappa shape index (κ2) is 4.21. The fourth-order valence-corrected chi connectivity index (χ4v) is 1.35. The van der Waals surface area contributed by atoms with Gasteiger partial charge in [0.25, 0.3) is 0 Å². The Morgan fingerprint density at radius 2 is 1.53 bits per heavy atom. The maximum absolute atomic E-state index is 11.5. The molecule has 3 nitrogen and oxygen atoms in total. The molecule has 94 valence electrons. The van der Waals surface area contributed by atoms with Gasteiger partial charge in [0.05, 0.1) is 5.69 Å². The number of Topliss-reactive ketones (excluding diaryl/α,β-unsaturated/α-hetero) is 1. The summed E-state index contributed by atoms with van der Waals surface area (Å²) in [7, 11) is 0. The highest BCUT2D eigenvalue weighted by Crippen LogP contribution is 2.25. The summed E-state index contributed by atoms with van der Waals surface area (Å²) in [5.41, 5.74) is 1.20. The smallest absolute Gasteiger partial charge is 0.178 e. The first-order chi connectivity index (χ1) is 7.51. The van der Waals surface area contributed by atoms with Gasteiger partial charge in [-0.05, 0) is 6.07 Å². The highest BCUT2D eigenvalue weighted by molar-refractivity contribution is 5.92. The molecular formula is C14H22N2O. The first kappa shape index (κ1) is 13.8. The van der Waals surface area contributed by atoms with Gasteiger partial charge in [0, 0.05) is 17.8 Å². The minimum atomic E-state index is -0.147. The van der Waals surface area contributed by atoms with Crippen molar-refractivity contribution in [2.75, 3.05) is 0 Å². The maximum Gasteiger partial charge on any atom is 0.178 e. The van der Waals surface area contributed by atoms with E-state index in [1.165, 1.54) is 0 Å². The zero-order chi connectivity index (χ0) is 13.4. The summed E-state index contributed by atoms with van der Waals surface area (Å²) < 4.78 is 0. The lowest BCUT2D eigenvalue weighted by molar-refractivity contribution is 0.101. The van der Waals surface area contributed by atoms with E-state index >= 15 is 0 Å². The number of aromatic nitrogens is 2. The molecule has 1 aromatic heterocycles. The quantitative estimate of drug-likeness (QED) is 0.700. The van der Waals surface area contributed by atoms with Gasteiger partial charge in [-0.15, -0.1) is 0 Å². The van der Waals surface area contributed by atoms with E-state index in [0.717, 1.165) is 11.5 Å². The molecule has 0 saturated carbocycles. The van der Waals surface area contributed by atoms with Crippen molar-refractivity contribution in [3.8, 4) is 0 Å². The van der Waals surface area contributed by atoms with Gasteiger partial charge in [0.1, 0.15) is 11.5 Å². The lowest BCUT2D eigenvalue weighted by atomic mass is 9.89. The molecule has 0 aliphatic carbocycles. The number of rotatable bonds is 1. The van der Waals surface area contributed by atoms with Gasteiger partial charge in [-0.3, -0.25) is 4.79 Å². The Hall–Kier alpha value is -1.25. The van der Waals surface area contributed by atoms with Crippen molar-refractivity contribution in [1.82, 2.24) is 9.97 Å². The Balaban J connectivity index is 3.45. The van der Waals surface area contributed by atoms with Crippen molar-refractivity contribution in [3.63, 3.8) is 0 Å². The number of carbonyl (C=O) groups excluding carboxylic acids is 1. The molecule has 0 unspecified atom stereocenters. The minimum Gasteiger partial charge on any atom is -0.293 e. The molecule has 3 heteroatoms. The van der Waals surface area contributed by atoms with Crippen molar-refractivity contribution in [3.05, 3.63) is 23.3 Å². The van der Waals surface area contributed by atoms with E-state index in [0.29, 0.717) is 5.69 Å². The minimum absolute atomic E-state index is 0.0107. The third-order valence-electron chi connectivity index (χ3n) is 2.53. The van der Waals surface area contributed by atoms with Crippen LogP contribution in [0, 0.1) is 0 Å². The highest BCUT2D eigenvalue weighted by atomic mass is 16.1. The molecule has 1 heterocycles. The van der Waals surface area contributed by atoms with Gasteiger partial charge in [0.15, 0.2) is 5.78 Å². The summed E-state index contributed by atoms with van der Waals surface area (Å²) in [6.45, 7) is 14.0. The predicted octanol–water partition coefficient (Wildman–Crippen LogP) is 3.27. The third kappa shape index (κ3) is 3.35. The largest absolute Gasteiger partial charge is 0.293 e. The van der Waals surface area contributed by atoms with E-state index in [9.17, 15) is 4.79 Å². The summed E-state index contributed by atoms with van der Waals surface area (Å²) >= 11 is 0. The van der Waals surface area contributed by atoms with Crippen LogP contribution < -0.4 is 0 Å². The van der Waals surface area contributed by atoms with Crippen LogP contribution in [0.25, 0.3) is 0 Å². The lowest BCUT2D eigenvalue weighted by Gasteiger charge is -2.23. The molecule has 0 atom stereocenters. The number of hydrogen-bond acceptors (Lipinski definition) is 3. The van der Waals surface area contributed by atoms with Crippen molar-refractivity contribution < 1.29 is 4.79 Å². The summed E-state index contributed by atoms with van der Waals surface area (Å²) in [6, 6.07) is 1.80. The Kier molecular flexibility index (Phi) is 3.42. The van der Waals surface area contributed by atoms with Crippen molar-refractivity contribution >= 4 is 5.78 Å². The lowest BCUT2D eigenvalue weighted by Crippen LogP contribution is -2.23. The van der Waals surface area contributed by atoms with Crippen LogP contribution in [0.4, 0.5) is 0 Å². The molecule has 0 spiro atoms. The molecule has 0 aromatic carbocycles. The van der Waals surface area contributed by atoms with Crippen LogP contribution in [-0.4, -0.2) is 15.8 Å². The fourth-order valence-electron chi connectivity index (χ4n) is 1.35. The van der Waals surface area contributed by atoms with E-state index in [-0.39, 0.29) is 16.6 Å². The Morgan fingerprint density at radius 1 is 1.00 bits per heavy atom. The standard InChI is InChI=1S/C14H22N2O/c1-9(17)10-8-11(13(2,3)4)16-12(15-10)14(5,6)7/h8H,1-7H3.